The Morgan fingerprint density at radius 1 is 1.14 bits per heavy atom. The lowest BCUT2D eigenvalue weighted by Crippen LogP contribution is -2.41. The van der Waals surface area contributed by atoms with Gasteiger partial charge in [-0.25, -0.2) is 4.79 Å². The Hall–Kier alpha value is -1.30. The Bertz CT molecular complexity index is 311. The van der Waals surface area contributed by atoms with Crippen LogP contribution in [-0.2, 0) is 4.79 Å². The van der Waals surface area contributed by atoms with Gasteiger partial charge in [-0.3, -0.25) is 4.79 Å². The van der Waals surface area contributed by atoms with Crippen molar-refractivity contribution < 1.29 is 14.7 Å². The molecule has 6 heteroatoms. The number of carbonyl (C=O) groups is 2. The number of aliphatic carboxylic acids is 1. The monoisotopic (exact) mass is 301 g/mol. The van der Waals surface area contributed by atoms with E-state index in [1.807, 2.05) is 6.92 Å². The minimum absolute atomic E-state index is 0.155. The van der Waals surface area contributed by atoms with Crippen LogP contribution in [0.1, 0.15) is 46.5 Å². The number of nitrogens with zero attached hydrogens (tertiary/aromatic N) is 1. The standard InChI is InChI=1S/C15H31N3O3/c1-5-13(3)18(4)11-10-17-15(21)16-9-8-12(2)6-7-14(19)20/h12-13H,5-11H2,1-4H3,(H,19,20)(H2,16,17,21). The van der Waals surface area contributed by atoms with Gasteiger partial charge in [0.15, 0.2) is 0 Å². The molecule has 0 rings (SSSR count). The smallest absolute Gasteiger partial charge is 0.314 e. The summed E-state index contributed by atoms with van der Waals surface area (Å²) in [5.74, 6) is -0.462. The lowest BCUT2D eigenvalue weighted by Gasteiger charge is -2.23. The van der Waals surface area contributed by atoms with Crippen molar-refractivity contribution in [2.45, 2.75) is 52.5 Å². The molecule has 0 aromatic carbocycles. The summed E-state index contributed by atoms with van der Waals surface area (Å²) in [6.45, 7) is 8.35. The second-order valence-corrected chi connectivity index (χ2v) is 5.75. The fraction of sp³-hybridized carbons (Fsp3) is 0.867. The first-order chi connectivity index (χ1) is 9.86. The summed E-state index contributed by atoms with van der Waals surface area (Å²) in [7, 11) is 2.05. The molecule has 2 amide bonds. The van der Waals surface area contributed by atoms with E-state index in [1.165, 1.54) is 0 Å². The fourth-order valence-corrected chi connectivity index (χ4v) is 1.89. The Balaban J connectivity index is 3.60. The number of nitrogens with one attached hydrogen (secondary N) is 2. The van der Waals surface area contributed by atoms with Crippen LogP contribution in [0.4, 0.5) is 4.79 Å². The van der Waals surface area contributed by atoms with E-state index in [0.717, 1.165) is 19.4 Å². The van der Waals surface area contributed by atoms with E-state index in [4.69, 9.17) is 5.11 Å². The number of carbonyl (C=O) groups excluding carboxylic acids is 1. The van der Waals surface area contributed by atoms with Crippen molar-refractivity contribution in [3.05, 3.63) is 0 Å². The van der Waals surface area contributed by atoms with Gasteiger partial charge in [0.05, 0.1) is 0 Å². The van der Waals surface area contributed by atoms with Crippen molar-refractivity contribution in [3.63, 3.8) is 0 Å². The van der Waals surface area contributed by atoms with Crippen LogP contribution in [0, 0.1) is 5.92 Å². The van der Waals surface area contributed by atoms with E-state index in [2.05, 4.69) is 36.4 Å². The van der Waals surface area contributed by atoms with Crippen molar-refractivity contribution >= 4 is 12.0 Å². The zero-order chi connectivity index (χ0) is 16.3. The van der Waals surface area contributed by atoms with Crippen molar-refractivity contribution in [1.82, 2.24) is 15.5 Å². The molecule has 0 saturated heterocycles. The SMILES string of the molecule is CCC(C)N(C)CCNC(=O)NCCC(C)CCC(=O)O. The van der Waals surface area contributed by atoms with Gasteiger partial charge in [-0.05, 0) is 39.2 Å². The maximum absolute atomic E-state index is 11.6. The van der Waals surface area contributed by atoms with Crippen LogP contribution in [0.15, 0.2) is 0 Å². The predicted octanol–water partition coefficient (Wildman–Crippen LogP) is 1.91. The summed E-state index contributed by atoms with van der Waals surface area (Å²) in [5, 5.41) is 14.2. The number of likely N-dealkylation sites (N-methyl/N-ethyl adjacent to an activating group) is 1. The molecule has 0 aromatic heterocycles. The molecule has 0 aliphatic heterocycles. The second-order valence-electron chi connectivity index (χ2n) is 5.75. The normalized spacial score (nSPS) is 13.8. The summed E-state index contributed by atoms with van der Waals surface area (Å²) < 4.78 is 0. The average molecular weight is 301 g/mol. The summed E-state index contributed by atoms with van der Waals surface area (Å²) >= 11 is 0. The summed E-state index contributed by atoms with van der Waals surface area (Å²) in [6.07, 6.45) is 2.73. The second kappa shape index (κ2) is 11.4. The fourth-order valence-electron chi connectivity index (χ4n) is 1.89. The largest absolute Gasteiger partial charge is 0.481 e. The number of rotatable bonds is 11. The minimum atomic E-state index is -0.766. The minimum Gasteiger partial charge on any atom is -0.481 e. The Kier molecular flexibility index (Phi) is 10.7. The van der Waals surface area contributed by atoms with Gasteiger partial charge < -0.3 is 20.6 Å². The highest BCUT2D eigenvalue weighted by Crippen LogP contribution is 2.08. The van der Waals surface area contributed by atoms with Gasteiger partial charge in [-0.15, -0.1) is 0 Å². The van der Waals surface area contributed by atoms with Crippen LogP contribution < -0.4 is 10.6 Å². The summed E-state index contributed by atoms with van der Waals surface area (Å²) in [4.78, 5) is 24.2. The van der Waals surface area contributed by atoms with Crippen molar-refractivity contribution in [3.8, 4) is 0 Å². The Labute approximate surface area is 128 Å². The lowest BCUT2D eigenvalue weighted by molar-refractivity contribution is -0.137. The molecule has 6 nitrogen and oxygen atoms in total. The molecule has 0 aliphatic carbocycles. The van der Waals surface area contributed by atoms with Crippen molar-refractivity contribution in [2.75, 3.05) is 26.7 Å². The quantitative estimate of drug-likeness (QED) is 0.544. The van der Waals surface area contributed by atoms with E-state index in [-0.39, 0.29) is 12.5 Å². The number of amides is 2. The molecule has 0 aromatic rings. The van der Waals surface area contributed by atoms with Gasteiger partial charge in [0.2, 0.25) is 0 Å². The third-order valence-electron chi connectivity index (χ3n) is 3.87. The number of hydrogen-bond acceptors (Lipinski definition) is 3. The van der Waals surface area contributed by atoms with Crippen LogP contribution in [-0.4, -0.2) is 54.7 Å². The molecule has 0 fully saturated rings. The third kappa shape index (κ3) is 11.1. The highest BCUT2D eigenvalue weighted by Gasteiger charge is 2.08. The first-order valence-corrected chi connectivity index (χ1v) is 7.80. The first kappa shape index (κ1) is 19.7. The molecule has 0 aliphatic rings. The summed E-state index contributed by atoms with van der Waals surface area (Å²) in [6, 6.07) is 0.364. The molecular weight excluding hydrogens is 270 g/mol. The number of hydrogen-bond donors (Lipinski definition) is 3. The summed E-state index contributed by atoms with van der Waals surface area (Å²) in [5.41, 5.74) is 0. The van der Waals surface area contributed by atoms with Gasteiger partial charge >= 0.3 is 12.0 Å². The lowest BCUT2D eigenvalue weighted by atomic mass is 10.0. The molecule has 21 heavy (non-hydrogen) atoms. The molecule has 124 valence electrons. The van der Waals surface area contributed by atoms with Crippen molar-refractivity contribution in [1.29, 1.82) is 0 Å². The molecule has 2 atom stereocenters. The van der Waals surface area contributed by atoms with Crippen molar-refractivity contribution in [2.24, 2.45) is 5.92 Å². The zero-order valence-corrected chi connectivity index (χ0v) is 13.8. The maximum atomic E-state index is 11.6. The van der Waals surface area contributed by atoms with Gasteiger partial charge in [0, 0.05) is 32.1 Å². The van der Waals surface area contributed by atoms with Gasteiger partial charge in [0.25, 0.3) is 0 Å². The van der Waals surface area contributed by atoms with Gasteiger partial charge in [-0.2, -0.15) is 0 Å². The van der Waals surface area contributed by atoms with E-state index >= 15 is 0 Å². The van der Waals surface area contributed by atoms with Crippen LogP contribution >= 0.6 is 0 Å². The molecule has 2 unspecified atom stereocenters. The zero-order valence-electron chi connectivity index (χ0n) is 13.8. The Morgan fingerprint density at radius 3 is 2.33 bits per heavy atom. The van der Waals surface area contributed by atoms with Gasteiger partial charge in [0.1, 0.15) is 0 Å². The molecular formula is C15H31N3O3. The van der Waals surface area contributed by atoms with E-state index in [0.29, 0.717) is 31.5 Å². The number of urea groups is 1. The maximum Gasteiger partial charge on any atom is 0.314 e. The van der Waals surface area contributed by atoms with E-state index < -0.39 is 5.97 Å². The van der Waals surface area contributed by atoms with Crippen LogP contribution in [0.5, 0.6) is 0 Å². The number of carboxylic acids is 1. The number of carboxylic acid groups (broad SMARTS) is 1. The molecule has 0 saturated carbocycles. The molecule has 0 heterocycles. The highest BCUT2D eigenvalue weighted by atomic mass is 16.4. The van der Waals surface area contributed by atoms with Crippen LogP contribution in [0.2, 0.25) is 0 Å². The molecule has 0 radical (unpaired) electrons. The third-order valence-corrected chi connectivity index (χ3v) is 3.87. The predicted molar refractivity (Wildman–Crippen MR) is 84.4 cm³/mol. The topological polar surface area (TPSA) is 81.7 Å². The van der Waals surface area contributed by atoms with Crippen LogP contribution in [0.25, 0.3) is 0 Å². The molecule has 0 bridgehead atoms. The highest BCUT2D eigenvalue weighted by molar-refractivity contribution is 5.73. The van der Waals surface area contributed by atoms with E-state index in [1.54, 1.807) is 0 Å². The molecule has 3 N–H and O–H groups in total. The van der Waals surface area contributed by atoms with Gasteiger partial charge in [-0.1, -0.05) is 13.8 Å². The molecule has 0 spiro atoms. The Morgan fingerprint density at radius 2 is 1.76 bits per heavy atom. The van der Waals surface area contributed by atoms with Crippen LogP contribution in [0.3, 0.4) is 0 Å². The first-order valence-electron chi connectivity index (χ1n) is 7.80. The average Bonchev–Trinajstić information content (AvgIpc) is 2.44. The van der Waals surface area contributed by atoms with E-state index in [9.17, 15) is 9.59 Å².